The van der Waals surface area contributed by atoms with E-state index in [0.29, 0.717) is 39.9 Å². The number of hydrogen-bond acceptors (Lipinski definition) is 4. The molecule has 0 bridgehead atoms. The zero-order valence-electron chi connectivity index (χ0n) is 30.3. The highest BCUT2D eigenvalue weighted by molar-refractivity contribution is 6.91. The zero-order valence-corrected chi connectivity index (χ0v) is 32.3. The Bertz CT molecular complexity index is 875. The molecule has 6 nitrogen and oxygen atoms in total. The lowest BCUT2D eigenvalue weighted by Crippen LogP contribution is -2.47. The molecule has 0 unspecified atom stereocenters. The summed E-state index contributed by atoms with van der Waals surface area (Å²) < 4.78 is 5.63. The second kappa shape index (κ2) is 18.5. The van der Waals surface area contributed by atoms with Gasteiger partial charge in [-0.1, -0.05) is 116 Å². The third-order valence-electron chi connectivity index (χ3n) is 8.55. The fraction of sp³-hybridized carbons (Fsp3) is 0.853. The minimum atomic E-state index is -1.84. The van der Waals surface area contributed by atoms with Crippen molar-refractivity contribution in [2.24, 2.45) is 11.7 Å². The van der Waals surface area contributed by atoms with Crippen LogP contribution in [0.2, 0.25) is 33.2 Å². The first-order valence-corrected chi connectivity index (χ1v) is 20.5. The molecule has 0 aromatic heterocycles. The van der Waals surface area contributed by atoms with Crippen LogP contribution in [0.4, 0.5) is 4.79 Å². The summed E-state index contributed by atoms with van der Waals surface area (Å²) in [6.45, 7) is 37.5. The average Bonchev–Trinajstić information content (AvgIpc) is 3.12. The van der Waals surface area contributed by atoms with Gasteiger partial charge in [0.25, 0.3) is 0 Å². The van der Waals surface area contributed by atoms with Gasteiger partial charge in [0.1, 0.15) is 27.9 Å². The Balaban J connectivity index is 0. The van der Waals surface area contributed by atoms with Crippen LogP contribution in [0.5, 0.6) is 0 Å². The van der Waals surface area contributed by atoms with Crippen molar-refractivity contribution in [3.8, 4) is 22.9 Å². The van der Waals surface area contributed by atoms with Gasteiger partial charge in [0.2, 0.25) is 0 Å². The minimum Gasteiger partial charge on any atom is -0.465 e. The van der Waals surface area contributed by atoms with Gasteiger partial charge >= 0.3 is 6.09 Å². The van der Waals surface area contributed by atoms with Crippen LogP contribution in [0.3, 0.4) is 0 Å². The van der Waals surface area contributed by atoms with Crippen molar-refractivity contribution in [2.75, 3.05) is 13.2 Å². The second-order valence-electron chi connectivity index (χ2n) is 14.8. The monoisotopic (exact) mass is 624 g/mol. The van der Waals surface area contributed by atoms with Crippen molar-refractivity contribution >= 4 is 22.2 Å². The molecule has 42 heavy (non-hydrogen) atoms. The summed E-state index contributed by atoms with van der Waals surface area (Å²) in [5, 5.41) is 18.4. The maximum atomic E-state index is 11.5. The van der Waals surface area contributed by atoms with Crippen LogP contribution in [0.25, 0.3) is 0 Å². The first-order chi connectivity index (χ1) is 19.0. The molecule has 1 aliphatic rings. The van der Waals surface area contributed by atoms with Gasteiger partial charge in [-0.15, -0.1) is 11.1 Å². The van der Waals surface area contributed by atoms with Gasteiger partial charge in [-0.3, -0.25) is 4.90 Å². The van der Waals surface area contributed by atoms with E-state index in [9.17, 15) is 9.90 Å². The van der Waals surface area contributed by atoms with Crippen LogP contribution in [0, 0.1) is 28.8 Å². The number of nitrogens with two attached hydrogens (primary N) is 1. The number of amides is 1. The SMILES string of the molecule is CC(C)C.CC(C)[Si](C#C[C@H](N)CO)(C(C)C)C(C)C.CC(C)[Si](C#C[C@H]1COC(C)(C)N1C(=O)O)(C(C)C)C(C)C. The Labute approximate surface area is 263 Å². The third-order valence-corrected chi connectivity index (χ3v) is 21.2. The summed E-state index contributed by atoms with van der Waals surface area (Å²) in [5.41, 5.74) is 15.4. The van der Waals surface area contributed by atoms with Crippen LogP contribution in [0.15, 0.2) is 0 Å². The fourth-order valence-corrected chi connectivity index (χ4v) is 17.2. The van der Waals surface area contributed by atoms with E-state index in [4.69, 9.17) is 15.6 Å². The number of carboxylic acid groups (broad SMARTS) is 1. The molecule has 0 spiro atoms. The van der Waals surface area contributed by atoms with Crippen LogP contribution in [-0.2, 0) is 4.74 Å². The number of hydrogen-bond donors (Lipinski definition) is 3. The zero-order chi connectivity index (χ0) is 33.8. The minimum absolute atomic E-state index is 0.0498. The predicted molar refractivity (Wildman–Crippen MR) is 187 cm³/mol. The molecule has 2 atom stereocenters. The van der Waals surface area contributed by atoms with Gasteiger partial charge < -0.3 is 20.7 Å². The Hall–Kier alpha value is -1.30. The number of carbonyl (C=O) groups is 1. The summed E-state index contributed by atoms with van der Waals surface area (Å²) in [6, 6.07) is -0.751. The second-order valence-corrected chi connectivity index (χ2v) is 25.9. The average molecular weight is 625 g/mol. The predicted octanol–water partition coefficient (Wildman–Crippen LogP) is 8.51. The fourth-order valence-electron chi connectivity index (χ4n) is 6.61. The molecule has 1 fully saturated rings. The highest BCUT2D eigenvalue weighted by Crippen LogP contribution is 2.42. The van der Waals surface area contributed by atoms with Crippen molar-refractivity contribution in [1.82, 2.24) is 4.90 Å². The Morgan fingerprint density at radius 2 is 1.14 bits per heavy atom. The molecule has 1 heterocycles. The normalized spacial score (nSPS) is 17.5. The van der Waals surface area contributed by atoms with E-state index in [1.807, 2.05) is 0 Å². The van der Waals surface area contributed by atoms with Crippen molar-refractivity contribution in [3.63, 3.8) is 0 Å². The molecule has 0 aliphatic carbocycles. The molecule has 0 aromatic rings. The lowest BCUT2D eigenvalue weighted by molar-refractivity contribution is -0.0407. The standard InChI is InChI=1S/C17H31NO3Si.C13H27NOSi.C4H10/c1-12(2)22(13(3)4,14(5)6)10-9-15-11-21-17(7,8)18(15)16(19)20;1-10(2)16(11(3)4,12(5)6)8-7-13(14)9-15;1-4(2)3/h12-15H,11H2,1-8H3,(H,19,20);10-13,15H,9,14H2,1-6H3;4H,1-3H3/t15-;13-;/m00./s1. The van der Waals surface area contributed by atoms with E-state index in [-0.39, 0.29) is 18.7 Å². The maximum Gasteiger partial charge on any atom is 0.410 e. The molecule has 246 valence electrons. The molecule has 8 heteroatoms. The van der Waals surface area contributed by atoms with Gasteiger partial charge in [0, 0.05) is 0 Å². The van der Waals surface area contributed by atoms with Crippen molar-refractivity contribution in [2.45, 2.75) is 169 Å². The van der Waals surface area contributed by atoms with Crippen LogP contribution in [0.1, 0.15) is 118 Å². The van der Waals surface area contributed by atoms with Crippen molar-refractivity contribution < 1.29 is 19.7 Å². The molecule has 0 aromatic carbocycles. The van der Waals surface area contributed by atoms with Crippen LogP contribution < -0.4 is 5.73 Å². The van der Waals surface area contributed by atoms with E-state index >= 15 is 0 Å². The van der Waals surface area contributed by atoms with E-state index in [2.05, 4.69) is 127 Å². The largest absolute Gasteiger partial charge is 0.465 e. The van der Waals surface area contributed by atoms with Gasteiger partial charge in [-0.25, -0.2) is 4.79 Å². The Kier molecular flexibility index (Phi) is 18.9. The lowest BCUT2D eigenvalue weighted by atomic mass is 10.2. The smallest absolute Gasteiger partial charge is 0.410 e. The quantitative estimate of drug-likeness (QED) is 0.195. The molecule has 1 rings (SSSR count). The van der Waals surface area contributed by atoms with Crippen LogP contribution >= 0.6 is 0 Å². The molecule has 0 radical (unpaired) electrons. The van der Waals surface area contributed by atoms with E-state index in [1.165, 1.54) is 4.90 Å². The molecule has 1 aliphatic heterocycles. The molecule has 0 saturated carbocycles. The molecule has 1 amide bonds. The highest BCUT2D eigenvalue weighted by Gasteiger charge is 2.45. The maximum absolute atomic E-state index is 11.5. The lowest BCUT2D eigenvalue weighted by Gasteiger charge is -2.38. The first kappa shape index (κ1) is 42.8. The van der Waals surface area contributed by atoms with Gasteiger partial charge in [0.05, 0.1) is 19.3 Å². The molecular formula is C34H68N2O4Si2. The molecular weight excluding hydrogens is 557 g/mol. The summed E-state index contributed by atoms with van der Waals surface area (Å²) >= 11 is 0. The molecule has 4 N–H and O–H groups in total. The summed E-state index contributed by atoms with van der Waals surface area (Å²) in [5.74, 6) is 7.18. The number of rotatable bonds is 7. The number of aliphatic hydroxyl groups excluding tert-OH is 1. The van der Waals surface area contributed by atoms with Crippen LogP contribution in [-0.4, -0.2) is 68.4 Å². The first-order valence-electron chi connectivity index (χ1n) is 16.1. The van der Waals surface area contributed by atoms with Gasteiger partial charge in [-0.05, 0) is 53.0 Å². The Morgan fingerprint density at radius 3 is 1.43 bits per heavy atom. The number of nitrogens with zero attached hydrogens (tertiary/aromatic N) is 1. The highest BCUT2D eigenvalue weighted by atomic mass is 28.3. The third kappa shape index (κ3) is 11.7. The van der Waals surface area contributed by atoms with Crippen molar-refractivity contribution in [1.29, 1.82) is 0 Å². The topological polar surface area (TPSA) is 96.0 Å². The summed E-state index contributed by atoms with van der Waals surface area (Å²) in [6.07, 6.45) is -0.965. The van der Waals surface area contributed by atoms with E-state index in [1.54, 1.807) is 13.8 Å². The van der Waals surface area contributed by atoms with Gasteiger partial charge in [0.15, 0.2) is 0 Å². The number of aliphatic hydroxyl groups is 1. The van der Waals surface area contributed by atoms with E-state index < -0.39 is 28.0 Å². The summed E-state index contributed by atoms with van der Waals surface area (Å²) in [7, 11) is -3.50. The van der Waals surface area contributed by atoms with Gasteiger partial charge in [-0.2, -0.15) is 0 Å². The molecule has 1 saturated heterocycles. The van der Waals surface area contributed by atoms with E-state index in [0.717, 1.165) is 5.92 Å². The van der Waals surface area contributed by atoms with Crippen molar-refractivity contribution in [3.05, 3.63) is 0 Å². The number of ether oxygens (including phenoxy) is 1. The Morgan fingerprint density at radius 1 is 0.810 bits per heavy atom. The summed E-state index contributed by atoms with van der Waals surface area (Å²) in [4.78, 5) is 12.9.